The zero-order valence-electron chi connectivity index (χ0n) is 10.6. The minimum Gasteiger partial charge on any atom is -0.480 e. The molecule has 1 aromatic carbocycles. The lowest BCUT2D eigenvalue weighted by Crippen LogP contribution is -2.32. The van der Waals surface area contributed by atoms with Gasteiger partial charge in [0.2, 0.25) is 0 Å². The maximum Gasteiger partial charge on any atom is 0.320 e. The van der Waals surface area contributed by atoms with Gasteiger partial charge in [0.25, 0.3) is 0 Å². The van der Waals surface area contributed by atoms with Gasteiger partial charge in [-0.05, 0) is 36.3 Å². The summed E-state index contributed by atoms with van der Waals surface area (Å²) in [7, 11) is 0. The second kappa shape index (κ2) is 6.01. The van der Waals surface area contributed by atoms with Gasteiger partial charge < -0.3 is 10.8 Å². The van der Waals surface area contributed by atoms with Gasteiger partial charge in [0, 0.05) is 0 Å². The number of carbonyl (C=O) groups is 1. The van der Waals surface area contributed by atoms with E-state index in [0.29, 0.717) is 12.3 Å². The molecular formula is C15H21NO2. The Bertz CT molecular complexity index is 411. The Morgan fingerprint density at radius 3 is 2.61 bits per heavy atom. The molecule has 3 nitrogen and oxygen atoms in total. The first-order chi connectivity index (χ1) is 8.68. The van der Waals surface area contributed by atoms with E-state index >= 15 is 0 Å². The van der Waals surface area contributed by atoms with Crippen LogP contribution >= 0.6 is 0 Å². The lowest BCUT2D eigenvalue weighted by atomic mass is 9.81. The lowest BCUT2D eigenvalue weighted by Gasteiger charge is -2.24. The van der Waals surface area contributed by atoms with Crippen LogP contribution in [0.5, 0.6) is 0 Å². The van der Waals surface area contributed by atoms with E-state index in [-0.39, 0.29) is 0 Å². The molecule has 1 saturated carbocycles. The van der Waals surface area contributed by atoms with Crippen molar-refractivity contribution in [3.05, 3.63) is 35.4 Å². The van der Waals surface area contributed by atoms with Crippen molar-refractivity contribution in [2.24, 2.45) is 5.73 Å². The topological polar surface area (TPSA) is 63.3 Å². The van der Waals surface area contributed by atoms with Crippen LogP contribution in [0.2, 0.25) is 0 Å². The first-order valence-corrected chi connectivity index (χ1v) is 6.74. The molecular weight excluding hydrogens is 226 g/mol. The molecule has 0 spiro atoms. The molecule has 0 aliphatic heterocycles. The molecule has 0 radical (unpaired) electrons. The molecule has 0 unspecified atom stereocenters. The fourth-order valence-electron chi connectivity index (χ4n) is 2.86. The summed E-state index contributed by atoms with van der Waals surface area (Å²) in [6.07, 6.45) is 6.77. The summed E-state index contributed by atoms with van der Waals surface area (Å²) < 4.78 is 0. The third-order valence-corrected chi connectivity index (χ3v) is 3.86. The average Bonchev–Trinajstić information content (AvgIpc) is 2.40. The highest BCUT2D eigenvalue weighted by Gasteiger charge is 2.20. The number of nitrogens with two attached hydrogens (primary N) is 1. The molecule has 2 rings (SSSR count). The molecule has 3 N–H and O–H groups in total. The third kappa shape index (κ3) is 3.10. The van der Waals surface area contributed by atoms with Gasteiger partial charge in [-0.25, -0.2) is 0 Å². The molecule has 98 valence electrons. The van der Waals surface area contributed by atoms with Crippen LogP contribution in [0.4, 0.5) is 0 Å². The number of hydrogen-bond acceptors (Lipinski definition) is 2. The zero-order valence-corrected chi connectivity index (χ0v) is 10.6. The highest BCUT2D eigenvalue weighted by molar-refractivity contribution is 5.73. The second-order valence-electron chi connectivity index (χ2n) is 5.18. The van der Waals surface area contributed by atoms with Gasteiger partial charge in [0.05, 0.1) is 0 Å². The van der Waals surface area contributed by atoms with E-state index in [1.807, 2.05) is 18.2 Å². The van der Waals surface area contributed by atoms with E-state index in [2.05, 4.69) is 6.07 Å². The molecule has 1 aliphatic carbocycles. The SMILES string of the molecule is N[C@@H](Cc1ccccc1C1CCCCC1)C(=O)O. The maximum atomic E-state index is 10.9. The summed E-state index contributed by atoms with van der Waals surface area (Å²) in [6, 6.07) is 7.37. The first kappa shape index (κ1) is 13.1. The molecule has 0 heterocycles. The molecule has 3 heteroatoms. The highest BCUT2D eigenvalue weighted by Crippen LogP contribution is 2.34. The van der Waals surface area contributed by atoms with E-state index in [1.165, 1.54) is 37.7 Å². The average molecular weight is 247 g/mol. The second-order valence-corrected chi connectivity index (χ2v) is 5.18. The summed E-state index contributed by atoms with van der Waals surface area (Å²) in [4.78, 5) is 10.9. The normalized spacial score (nSPS) is 18.5. The van der Waals surface area contributed by atoms with E-state index in [1.54, 1.807) is 0 Å². The standard InChI is InChI=1S/C15H21NO2/c16-14(15(17)18)10-12-8-4-5-9-13(12)11-6-2-1-3-7-11/h4-5,8-9,11,14H,1-3,6-7,10,16H2,(H,17,18)/t14-/m0/s1. The molecule has 0 saturated heterocycles. The monoisotopic (exact) mass is 247 g/mol. The Labute approximate surface area is 108 Å². The van der Waals surface area contributed by atoms with Crippen LogP contribution in [-0.2, 0) is 11.2 Å². The van der Waals surface area contributed by atoms with Crippen molar-refractivity contribution >= 4 is 5.97 Å². The number of hydrogen-bond donors (Lipinski definition) is 2. The first-order valence-electron chi connectivity index (χ1n) is 6.74. The summed E-state index contributed by atoms with van der Waals surface area (Å²) in [5.74, 6) is -0.329. The largest absolute Gasteiger partial charge is 0.480 e. The number of benzene rings is 1. The van der Waals surface area contributed by atoms with Gasteiger partial charge in [-0.3, -0.25) is 4.79 Å². The summed E-state index contributed by atoms with van der Waals surface area (Å²) in [6.45, 7) is 0. The number of rotatable bonds is 4. The van der Waals surface area contributed by atoms with Crippen LogP contribution in [0.3, 0.4) is 0 Å². The van der Waals surface area contributed by atoms with Gasteiger partial charge >= 0.3 is 5.97 Å². The number of aliphatic carboxylic acids is 1. The van der Waals surface area contributed by atoms with Crippen LogP contribution in [0.15, 0.2) is 24.3 Å². The minimum atomic E-state index is -0.923. The predicted molar refractivity (Wildman–Crippen MR) is 71.6 cm³/mol. The molecule has 18 heavy (non-hydrogen) atoms. The Balaban J connectivity index is 2.16. The Morgan fingerprint density at radius 2 is 1.94 bits per heavy atom. The van der Waals surface area contributed by atoms with Crippen molar-refractivity contribution in [1.82, 2.24) is 0 Å². The fraction of sp³-hybridized carbons (Fsp3) is 0.533. The molecule has 0 aromatic heterocycles. The minimum absolute atomic E-state index is 0.433. The van der Waals surface area contributed by atoms with Crippen LogP contribution < -0.4 is 5.73 Å². The van der Waals surface area contributed by atoms with Gasteiger partial charge in [-0.15, -0.1) is 0 Å². The van der Waals surface area contributed by atoms with Crippen LogP contribution in [-0.4, -0.2) is 17.1 Å². The van der Waals surface area contributed by atoms with Crippen LogP contribution in [0.25, 0.3) is 0 Å². The summed E-state index contributed by atoms with van der Waals surface area (Å²) >= 11 is 0. The van der Waals surface area contributed by atoms with Crippen molar-refractivity contribution in [3.63, 3.8) is 0 Å². The van der Waals surface area contributed by atoms with Crippen molar-refractivity contribution < 1.29 is 9.90 Å². The van der Waals surface area contributed by atoms with Gasteiger partial charge in [0.1, 0.15) is 6.04 Å². The summed E-state index contributed by atoms with van der Waals surface area (Å²) in [5, 5.41) is 8.92. The molecule has 1 fully saturated rings. The smallest absolute Gasteiger partial charge is 0.320 e. The molecule has 0 amide bonds. The summed E-state index contributed by atoms with van der Waals surface area (Å²) in [5.41, 5.74) is 8.07. The van der Waals surface area contributed by atoms with E-state index < -0.39 is 12.0 Å². The fourth-order valence-corrected chi connectivity index (χ4v) is 2.86. The van der Waals surface area contributed by atoms with E-state index in [0.717, 1.165) is 5.56 Å². The van der Waals surface area contributed by atoms with Gasteiger partial charge in [-0.2, -0.15) is 0 Å². The Morgan fingerprint density at radius 1 is 1.28 bits per heavy atom. The van der Waals surface area contributed by atoms with Gasteiger partial charge in [0.15, 0.2) is 0 Å². The van der Waals surface area contributed by atoms with Crippen molar-refractivity contribution in [2.75, 3.05) is 0 Å². The maximum absolute atomic E-state index is 10.9. The Kier molecular flexibility index (Phi) is 4.37. The van der Waals surface area contributed by atoms with Crippen molar-refractivity contribution in [2.45, 2.75) is 50.5 Å². The quantitative estimate of drug-likeness (QED) is 0.859. The molecule has 1 atom stereocenters. The third-order valence-electron chi connectivity index (χ3n) is 3.86. The van der Waals surface area contributed by atoms with Crippen molar-refractivity contribution in [3.8, 4) is 0 Å². The highest BCUT2D eigenvalue weighted by atomic mass is 16.4. The Hall–Kier alpha value is -1.35. The molecule has 1 aliphatic rings. The predicted octanol–water partition coefficient (Wildman–Crippen LogP) is 2.69. The number of carboxylic acid groups (broad SMARTS) is 1. The van der Waals surface area contributed by atoms with Crippen LogP contribution in [0.1, 0.15) is 49.1 Å². The zero-order chi connectivity index (χ0) is 13.0. The molecule has 0 bridgehead atoms. The van der Waals surface area contributed by atoms with Gasteiger partial charge in [-0.1, -0.05) is 43.5 Å². The van der Waals surface area contributed by atoms with E-state index in [9.17, 15) is 4.79 Å². The lowest BCUT2D eigenvalue weighted by molar-refractivity contribution is -0.138. The molecule has 1 aromatic rings. The van der Waals surface area contributed by atoms with Crippen LogP contribution in [0, 0.1) is 0 Å². The number of carboxylic acids is 1. The van der Waals surface area contributed by atoms with Crippen molar-refractivity contribution in [1.29, 1.82) is 0 Å². The van der Waals surface area contributed by atoms with E-state index in [4.69, 9.17) is 10.8 Å².